The van der Waals surface area contributed by atoms with E-state index in [1.807, 2.05) is 18.2 Å². The zero-order valence-corrected chi connectivity index (χ0v) is 13.0. The first-order valence-electron chi connectivity index (χ1n) is 6.60. The molecule has 0 aliphatic carbocycles. The third kappa shape index (κ3) is 3.07. The summed E-state index contributed by atoms with van der Waals surface area (Å²) in [4.78, 5) is 19.3. The van der Waals surface area contributed by atoms with Crippen molar-refractivity contribution in [1.29, 1.82) is 0 Å². The molecule has 0 unspecified atom stereocenters. The van der Waals surface area contributed by atoms with Crippen LogP contribution in [0.1, 0.15) is 15.9 Å². The summed E-state index contributed by atoms with van der Waals surface area (Å²) < 4.78 is 0.962. The van der Waals surface area contributed by atoms with E-state index in [4.69, 9.17) is 5.11 Å². The zero-order chi connectivity index (χ0) is 15.5. The number of carboxylic acids is 1. The molecule has 0 radical (unpaired) electrons. The first-order valence-corrected chi connectivity index (χ1v) is 7.39. The minimum atomic E-state index is -0.925. The highest BCUT2D eigenvalue weighted by atomic mass is 79.9. The molecule has 22 heavy (non-hydrogen) atoms. The number of nitrogens with one attached hydrogen (secondary N) is 1. The van der Waals surface area contributed by atoms with Crippen molar-refractivity contribution < 1.29 is 9.90 Å². The summed E-state index contributed by atoms with van der Waals surface area (Å²) in [5, 5.41) is 13.1. The number of fused-ring (bicyclic) bond motifs is 1. The van der Waals surface area contributed by atoms with E-state index in [1.165, 1.54) is 6.33 Å². The normalized spacial score (nSPS) is 10.6. The lowest BCUT2D eigenvalue weighted by molar-refractivity contribution is 0.0697. The molecule has 6 heteroatoms. The topological polar surface area (TPSA) is 75.1 Å². The van der Waals surface area contributed by atoms with Gasteiger partial charge in [-0.1, -0.05) is 28.1 Å². The van der Waals surface area contributed by atoms with E-state index in [2.05, 4.69) is 31.2 Å². The van der Waals surface area contributed by atoms with Crippen molar-refractivity contribution in [2.24, 2.45) is 0 Å². The van der Waals surface area contributed by atoms with Crippen molar-refractivity contribution in [1.82, 2.24) is 9.97 Å². The fourth-order valence-corrected chi connectivity index (χ4v) is 2.48. The lowest BCUT2D eigenvalue weighted by Crippen LogP contribution is -2.03. The predicted octanol–water partition coefficient (Wildman–Crippen LogP) is 3.70. The Morgan fingerprint density at radius 3 is 2.64 bits per heavy atom. The fraction of sp³-hybridized carbons (Fsp3) is 0.0625. The molecule has 0 saturated carbocycles. The van der Waals surface area contributed by atoms with Gasteiger partial charge in [0.05, 0.1) is 11.1 Å². The van der Waals surface area contributed by atoms with Gasteiger partial charge in [0, 0.05) is 16.4 Å². The molecular formula is C16H12BrN3O2. The lowest BCUT2D eigenvalue weighted by atomic mass is 10.1. The third-order valence-electron chi connectivity index (χ3n) is 3.26. The molecule has 2 aromatic carbocycles. The molecule has 0 aliphatic heterocycles. The van der Waals surface area contributed by atoms with Gasteiger partial charge in [0.1, 0.15) is 12.1 Å². The molecule has 2 N–H and O–H groups in total. The summed E-state index contributed by atoms with van der Waals surface area (Å²) in [5.74, 6) is -0.181. The average Bonchev–Trinajstić information content (AvgIpc) is 2.53. The molecule has 0 bridgehead atoms. The number of nitrogens with zero attached hydrogens (tertiary/aromatic N) is 2. The summed E-state index contributed by atoms with van der Waals surface area (Å²) in [7, 11) is 0. The molecule has 0 saturated heterocycles. The average molecular weight is 358 g/mol. The number of aromatic carboxylic acids is 1. The highest BCUT2D eigenvalue weighted by molar-refractivity contribution is 9.10. The van der Waals surface area contributed by atoms with E-state index in [-0.39, 0.29) is 5.56 Å². The molecule has 0 fully saturated rings. The summed E-state index contributed by atoms with van der Waals surface area (Å²) >= 11 is 3.45. The van der Waals surface area contributed by atoms with Gasteiger partial charge >= 0.3 is 5.97 Å². The zero-order valence-electron chi connectivity index (χ0n) is 11.5. The Balaban J connectivity index is 1.81. The second-order valence-corrected chi connectivity index (χ2v) is 5.66. The van der Waals surface area contributed by atoms with Crippen LogP contribution in [0.5, 0.6) is 0 Å². The van der Waals surface area contributed by atoms with E-state index in [1.54, 1.807) is 24.3 Å². The molecule has 3 aromatic rings. The van der Waals surface area contributed by atoms with E-state index in [0.29, 0.717) is 6.54 Å². The van der Waals surface area contributed by atoms with Gasteiger partial charge in [0.25, 0.3) is 0 Å². The Labute approximate surface area is 135 Å². The largest absolute Gasteiger partial charge is 0.478 e. The Morgan fingerprint density at radius 1 is 1.14 bits per heavy atom. The number of aromatic nitrogens is 2. The minimum absolute atomic E-state index is 0.278. The van der Waals surface area contributed by atoms with Crippen LogP contribution in [0, 0.1) is 0 Å². The van der Waals surface area contributed by atoms with Crippen LogP contribution in [0.25, 0.3) is 10.9 Å². The van der Waals surface area contributed by atoms with Crippen molar-refractivity contribution >= 4 is 38.6 Å². The van der Waals surface area contributed by atoms with Crippen LogP contribution >= 0.6 is 15.9 Å². The van der Waals surface area contributed by atoms with Crippen molar-refractivity contribution in [3.05, 3.63) is 64.4 Å². The van der Waals surface area contributed by atoms with Crippen molar-refractivity contribution in [2.45, 2.75) is 6.54 Å². The summed E-state index contributed by atoms with van der Waals surface area (Å²) in [6, 6.07) is 12.6. The smallest absolute Gasteiger partial charge is 0.335 e. The molecule has 0 amide bonds. The quantitative estimate of drug-likeness (QED) is 0.744. The Bertz CT molecular complexity index is 834. The molecule has 1 heterocycles. The standard InChI is InChI=1S/C16H12BrN3O2/c17-12-5-6-14-13(7-12)15(20-9-19-14)18-8-10-1-3-11(4-2-10)16(21)22/h1-7,9H,8H2,(H,21,22)(H,18,19,20). The van der Waals surface area contributed by atoms with Crippen LogP contribution < -0.4 is 5.32 Å². The van der Waals surface area contributed by atoms with Crippen molar-refractivity contribution in [3.8, 4) is 0 Å². The first-order chi connectivity index (χ1) is 10.6. The van der Waals surface area contributed by atoms with E-state index >= 15 is 0 Å². The number of halogens is 1. The number of hydrogen-bond donors (Lipinski definition) is 2. The van der Waals surface area contributed by atoms with Crippen LogP contribution in [-0.2, 0) is 6.54 Å². The van der Waals surface area contributed by atoms with Gasteiger partial charge in [-0.25, -0.2) is 14.8 Å². The maximum atomic E-state index is 10.8. The molecule has 110 valence electrons. The van der Waals surface area contributed by atoms with E-state index in [9.17, 15) is 4.79 Å². The van der Waals surface area contributed by atoms with Gasteiger partial charge in [0.2, 0.25) is 0 Å². The molecule has 1 aromatic heterocycles. The second kappa shape index (κ2) is 6.11. The molecule has 0 aliphatic rings. The highest BCUT2D eigenvalue weighted by Crippen LogP contribution is 2.23. The predicted molar refractivity (Wildman–Crippen MR) is 88.0 cm³/mol. The monoisotopic (exact) mass is 357 g/mol. The number of carbonyl (C=O) groups is 1. The summed E-state index contributed by atoms with van der Waals surface area (Å²) in [5.41, 5.74) is 2.12. The maximum Gasteiger partial charge on any atom is 0.335 e. The Morgan fingerprint density at radius 2 is 1.91 bits per heavy atom. The number of hydrogen-bond acceptors (Lipinski definition) is 4. The third-order valence-corrected chi connectivity index (χ3v) is 3.75. The molecule has 0 atom stereocenters. The van der Waals surface area contributed by atoms with E-state index in [0.717, 1.165) is 26.8 Å². The van der Waals surface area contributed by atoms with Crippen molar-refractivity contribution in [3.63, 3.8) is 0 Å². The Hall–Kier alpha value is -2.47. The molecule has 5 nitrogen and oxygen atoms in total. The van der Waals surface area contributed by atoms with Gasteiger partial charge in [-0.2, -0.15) is 0 Å². The SMILES string of the molecule is O=C(O)c1ccc(CNc2ncnc3ccc(Br)cc23)cc1. The second-order valence-electron chi connectivity index (χ2n) is 4.74. The van der Waals surface area contributed by atoms with Crippen molar-refractivity contribution in [2.75, 3.05) is 5.32 Å². The minimum Gasteiger partial charge on any atom is -0.478 e. The summed E-state index contributed by atoms with van der Waals surface area (Å²) in [6.07, 6.45) is 1.52. The van der Waals surface area contributed by atoms with Gasteiger partial charge in [-0.3, -0.25) is 0 Å². The maximum absolute atomic E-state index is 10.8. The van der Waals surface area contributed by atoms with E-state index < -0.39 is 5.97 Å². The van der Waals surface area contributed by atoms with Gasteiger partial charge in [-0.05, 0) is 35.9 Å². The van der Waals surface area contributed by atoms with Crippen LogP contribution in [-0.4, -0.2) is 21.0 Å². The van der Waals surface area contributed by atoms with Crippen LogP contribution in [0.3, 0.4) is 0 Å². The first kappa shape index (κ1) is 14.5. The van der Waals surface area contributed by atoms with Gasteiger partial charge in [0.15, 0.2) is 0 Å². The lowest BCUT2D eigenvalue weighted by Gasteiger charge is -2.09. The number of rotatable bonds is 4. The highest BCUT2D eigenvalue weighted by Gasteiger charge is 2.05. The Kier molecular flexibility index (Phi) is 4.02. The number of benzene rings is 2. The van der Waals surface area contributed by atoms with Crippen LogP contribution in [0.15, 0.2) is 53.3 Å². The number of anilines is 1. The molecular weight excluding hydrogens is 346 g/mol. The van der Waals surface area contributed by atoms with Crippen LogP contribution in [0.2, 0.25) is 0 Å². The van der Waals surface area contributed by atoms with Crippen LogP contribution in [0.4, 0.5) is 5.82 Å². The summed E-state index contributed by atoms with van der Waals surface area (Å²) in [6.45, 7) is 0.554. The van der Waals surface area contributed by atoms with Gasteiger partial charge < -0.3 is 10.4 Å². The van der Waals surface area contributed by atoms with Gasteiger partial charge in [-0.15, -0.1) is 0 Å². The fourth-order valence-electron chi connectivity index (χ4n) is 2.12. The molecule has 3 rings (SSSR count). The number of carboxylic acid groups (broad SMARTS) is 1. The molecule has 0 spiro atoms.